The van der Waals surface area contributed by atoms with E-state index in [1.807, 2.05) is 32.0 Å². The molecule has 0 atom stereocenters. The predicted octanol–water partition coefficient (Wildman–Crippen LogP) is 4.30. The third kappa shape index (κ3) is 3.54. The van der Waals surface area contributed by atoms with Crippen molar-refractivity contribution in [2.45, 2.75) is 24.8 Å². The Bertz CT molecular complexity index is 1260. The lowest BCUT2D eigenvalue weighted by Gasteiger charge is -2.16. The van der Waals surface area contributed by atoms with E-state index in [9.17, 15) is 4.79 Å². The summed E-state index contributed by atoms with van der Waals surface area (Å²) < 4.78 is 17.8. The number of methoxy groups -OCH3 is 2. The van der Waals surface area contributed by atoms with Crippen molar-refractivity contribution in [3.63, 3.8) is 0 Å². The van der Waals surface area contributed by atoms with Crippen molar-refractivity contribution in [3.8, 4) is 17.2 Å². The van der Waals surface area contributed by atoms with Crippen molar-refractivity contribution in [1.29, 1.82) is 0 Å². The van der Waals surface area contributed by atoms with Gasteiger partial charge in [0.15, 0.2) is 5.16 Å². The minimum absolute atomic E-state index is 0.173. The molecule has 0 unspecified atom stereocenters. The van der Waals surface area contributed by atoms with Crippen molar-refractivity contribution in [2.24, 2.45) is 0 Å². The summed E-state index contributed by atoms with van der Waals surface area (Å²) in [4.78, 5) is 18.3. The van der Waals surface area contributed by atoms with Gasteiger partial charge in [-0.3, -0.25) is 9.36 Å². The fourth-order valence-electron chi connectivity index (χ4n) is 3.24. The van der Waals surface area contributed by atoms with Crippen LogP contribution in [0.4, 0.5) is 0 Å². The molecule has 0 bridgehead atoms. The van der Waals surface area contributed by atoms with E-state index in [4.69, 9.17) is 19.0 Å². The van der Waals surface area contributed by atoms with Gasteiger partial charge in [0, 0.05) is 17.4 Å². The number of ether oxygens (including phenoxy) is 2. The first kappa shape index (κ1) is 20.0. The van der Waals surface area contributed by atoms with Crippen LogP contribution in [0.25, 0.3) is 16.6 Å². The smallest absolute Gasteiger partial charge is 0.266 e. The first-order valence-corrected chi connectivity index (χ1v) is 10.3. The normalized spacial score (nSPS) is 11.1. The van der Waals surface area contributed by atoms with Crippen molar-refractivity contribution >= 4 is 22.7 Å². The summed E-state index contributed by atoms with van der Waals surface area (Å²) in [5, 5.41) is 5.09. The van der Waals surface area contributed by atoms with E-state index < -0.39 is 0 Å². The highest BCUT2D eigenvalue weighted by molar-refractivity contribution is 7.98. The Morgan fingerprint density at radius 2 is 1.90 bits per heavy atom. The van der Waals surface area contributed by atoms with Crippen LogP contribution < -0.4 is 15.0 Å². The summed E-state index contributed by atoms with van der Waals surface area (Å²) in [5.41, 5.74) is 2.86. The molecule has 0 spiro atoms. The molecule has 0 aliphatic rings. The standard InChI is InChI=1S/C22H21N3O4S/c1-13-17(14(2)29-24-13)12-30-22-23-18-8-6-5-7-16(18)21(26)25(22)19-11-15(27-3)9-10-20(19)28-4/h5-11H,12H2,1-4H3. The van der Waals surface area contributed by atoms with Crippen molar-refractivity contribution in [1.82, 2.24) is 14.7 Å². The molecule has 2 aromatic heterocycles. The van der Waals surface area contributed by atoms with Gasteiger partial charge in [0.25, 0.3) is 5.56 Å². The number of para-hydroxylation sites is 1. The summed E-state index contributed by atoms with van der Waals surface area (Å²) in [7, 11) is 3.15. The summed E-state index contributed by atoms with van der Waals surface area (Å²) in [6.45, 7) is 3.78. The molecule has 4 rings (SSSR count). The van der Waals surface area contributed by atoms with Crippen LogP contribution in [0, 0.1) is 13.8 Å². The molecule has 4 aromatic rings. The van der Waals surface area contributed by atoms with E-state index in [0.717, 1.165) is 17.0 Å². The largest absolute Gasteiger partial charge is 0.497 e. The average Bonchev–Trinajstić information content (AvgIpc) is 3.09. The first-order valence-electron chi connectivity index (χ1n) is 9.32. The zero-order valence-corrected chi connectivity index (χ0v) is 17.9. The van der Waals surface area contributed by atoms with Gasteiger partial charge in [-0.1, -0.05) is 29.1 Å². The molecule has 30 heavy (non-hydrogen) atoms. The fourth-order valence-corrected chi connectivity index (χ4v) is 4.40. The van der Waals surface area contributed by atoms with E-state index in [0.29, 0.717) is 39.0 Å². The van der Waals surface area contributed by atoms with Gasteiger partial charge in [-0.25, -0.2) is 4.98 Å². The highest BCUT2D eigenvalue weighted by atomic mass is 32.2. The molecule has 8 heteroatoms. The SMILES string of the molecule is COc1ccc(OC)c(-n2c(SCc3c(C)noc3C)nc3ccccc3c2=O)c1. The van der Waals surface area contributed by atoms with Gasteiger partial charge in [0.2, 0.25) is 0 Å². The number of hydrogen-bond donors (Lipinski definition) is 0. The van der Waals surface area contributed by atoms with Gasteiger partial charge in [-0.2, -0.15) is 0 Å². The molecule has 2 heterocycles. The lowest BCUT2D eigenvalue weighted by atomic mass is 10.2. The predicted molar refractivity (Wildman–Crippen MR) is 116 cm³/mol. The zero-order valence-electron chi connectivity index (χ0n) is 17.1. The van der Waals surface area contributed by atoms with Crippen molar-refractivity contribution in [3.05, 3.63) is 69.8 Å². The van der Waals surface area contributed by atoms with Gasteiger partial charge in [0.1, 0.15) is 17.3 Å². The molecular weight excluding hydrogens is 402 g/mol. The molecule has 0 aliphatic carbocycles. The maximum absolute atomic E-state index is 13.5. The molecule has 0 radical (unpaired) electrons. The number of hydrogen-bond acceptors (Lipinski definition) is 7. The molecule has 7 nitrogen and oxygen atoms in total. The van der Waals surface area contributed by atoms with Gasteiger partial charge in [-0.05, 0) is 38.1 Å². The van der Waals surface area contributed by atoms with Crippen molar-refractivity contribution < 1.29 is 14.0 Å². The monoisotopic (exact) mass is 423 g/mol. The third-order valence-corrected chi connectivity index (χ3v) is 5.86. The number of nitrogens with zero attached hydrogens (tertiary/aromatic N) is 3. The van der Waals surface area contributed by atoms with Crippen LogP contribution in [0.15, 0.2) is 56.9 Å². The Balaban J connectivity index is 1.92. The van der Waals surface area contributed by atoms with Crippen LogP contribution in [-0.2, 0) is 5.75 Å². The second-order valence-electron chi connectivity index (χ2n) is 6.68. The van der Waals surface area contributed by atoms with Crippen LogP contribution in [0.2, 0.25) is 0 Å². The third-order valence-electron chi connectivity index (χ3n) is 4.90. The van der Waals surface area contributed by atoms with E-state index in [1.54, 1.807) is 43.1 Å². The van der Waals surface area contributed by atoms with Gasteiger partial charge >= 0.3 is 0 Å². The quantitative estimate of drug-likeness (QED) is 0.338. The summed E-state index contributed by atoms with van der Waals surface area (Å²) in [5.74, 6) is 2.49. The topological polar surface area (TPSA) is 79.4 Å². The molecule has 0 fully saturated rings. The number of fused-ring (bicyclic) bond motifs is 1. The van der Waals surface area contributed by atoms with Crippen molar-refractivity contribution in [2.75, 3.05) is 14.2 Å². The van der Waals surface area contributed by atoms with Gasteiger partial charge in [0.05, 0.1) is 36.5 Å². The Labute approximate surface area is 177 Å². The molecule has 2 aromatic carbocycles. The first-order chi connectivity index (χ1) is 14.5. The van der Waals surface area contributed by atoms with E-state index >= 15 is 0 Å². The summed E-state index contributed by atoms with van der Waals surface area (Å²) in [6, 6.07) is 12.7. The van der Waals surface area contributed by atoms with Crippen LogP contribution in [0.3, 0.4) is 0 Å². The maximum atomic E-state index is 13.5. The number of aryl methyl sites for hydroxylation is 2. The Morgan fingerprint density at radius 3 is 2.60 bits per heavy atom. The molecule has 0 N–H and O–H groups in total. The lowest BCUT2D eigenvalue weighted by Crippen LogP contribution is -2.22. The second kappa shape index (κ2) is 8.23. The highest BCUT2D eigenvalue weighted by Crippen LogP contribution is 2.32. The lowest BCUT2D eigenvalue weighted by molar-refractivity contribution is 0.392. The average molecular weight is 423 g/mol. The fraction of sp³-hybridized carbons (Fsp3) is 0.227. The number of aromatic nitrogens is 3. The van der Waals surface area contributed by atoms with E-state index in [-0.39, 0.29) is 5.56 Å². The van der Waals surface area contributed by atoms with Crippen LogP contribution in [0.1, 0.15) is 17.0 Å². The highest BCUT2D eigenvalue weighted by Gasteiger charge is 2.19. The Kier molecular flexibility index (Phi) is 5.50. The molecule has 154 valence electrons. The summed E-state index contributed by atoms with van der Waals surface area (Å²) >= 11 is 1.45. The van der Waals surface area contributed by atoms with Crippen LogP contribution in [0.5, 0.6) is 11.5 Å². The Morgan fingerprint density at radius 1 is 1.10 bits per heavy atom. The number of benzene rings is 2. The molecule has 0 saturated heterocycles. The maximum Gasteiger partial charge on any atom is 0.266 e. The molecule has 0 aliphatic heterocycles. The minimum Gasteiger partial charge on any atom is -0.497 e. The zero-order chi connectivity index (χ0) is 21.3. The second-order valence-corrected chi connectivity index (χ2v) is 7.62. The van der Waals surface area contributed by atoms with Gasteiger partial charge < -0.3 is 14.0 Å². The molecular formula is C22H21N3O4S. The van der Waals surface area contributed by atoms with Gasteiger partial charge in [-0.15, -0.1) is 0 Å². The summed E-state index contributed by atoms with van der Waals surface area (Å²) in [6.07, 6.45) is 0. The van der Waals surface area contributed by atoms with Crippen LogP contribution >= 0.6 is 11.8 Å². The minimum atomic E-state index is -0.173. The van der Waals surface area contributed by atoms with E-state index in [1.165, 1.54) is 11.8 Å². The number of thioether (sulfide) groups is 1. The molecule has 0 amide bonds. The Hall–Kier alpha value is -3.26. The van der Waals surface area contributed by atoms with E-state index in [2.05, 4.69) is 5.16 Å². The van der Waals surface area contributed by atoms with Crippen LogP contribution in [-0.4, -0.2) is 28.9 Å². The molecule has 0 saturated carbocycles. The number of rotatable bonds is 6.